The highest BCUT2D eigenvalue weighted by atomic mass is 35.5. The molecule has 0 saturated carbocycles. The summed E-state index contributed by atoms with van der Waals surface area (Å²) in [4.78, 5) is 16.7. The van der Waals surface area contributed by atoms with Crippen molar-refractivity contribution < 1.29 is 9.53 Å². The highest BCUT2D eigenvalue weighted by Crippen LogP contribution is 2.36. The Bertz CT molecular complexity index is 724. The van der Waals surface area contributed by atoms with Crippen molar-refractivity contribution in [2.75, 3.05) is 0 Å². The first-order chi connectivity index (χ1) is 11.3. The number of ether oxygens (including phenoxy) is 1. The fourth-order valence-electron chi connectivity index (χ4n) is 2.45. The molecule has 0 aliphatic rings. The molecule has 1 aromatic heterocycles. The number of hydrogen-bond donors (Lipinski definition) is 0. The van der Waals surface area contributed by atoms with Crippen LogP contribution < -0.4 is 0 Å². The van der Waals surface area contributed by atoms with Gasteiger partial charge in [-0.1, -0.05) is 48.8 Å². The van der Waals surface area contributed by atoms with E-state index in [0.717, 1.165) is 28.0 Å². The molecule has 4 nitrogen and oxygen atoms in total. The fourth-order valence-corrected chi connectivity index (χ4v) is 4.30. The Labute approximate surface area is 156 Å². The van der Waals surface area contributed by atoms with E-state index in [-0.39, 0.29) is 18.5 Å². The number of carbonyl (C=O) groups is 1. The lowest BCUT2D eigenvalue weighted by Crippen LogP contribution is -2.10. The zero-order valence-corrected chi connectivity index (χ0v) is 16.4. The monoisotopic (exact) mass is 386 g/mol. The van der Waals surface area contributed by atoms with Crippen LogP contribution in [0.4, 0.5) is 0 Å². The largest absolute Gasteiger partial charge is 0.458 e. The number of hydrogen-bond acceptors (Lipinski definition) is 4. The van der Waals surface area contributed by atoms with Gasteiger partial charge in [-0.25, -0.2) is 4.98 Å². The fraction of sp³-hybridized carbons (Fsp3) is 0.412. The van der Waals surface area contributed by atoms with Crippen molar-refractivity contribution in [2.45, 2.75) is 56.7 Å². The molecule has 24 heavy (non-hydrogen) atoms. The van der Waals surface area contributed by atoms with E-state index in [1.165, 1.54) is 18.7 Å². The topological polar surface area (TPSA) is 44.1 Å². The highest BCUT2D eigenvalue weighted by molar-refractivity contribution is 7.99. The van der Waals surface area contributed by atoms with Gasteiger partial charge in [-0.15, -0.1) is 0 Å². The van der Waals surface area contributed by atoms with Crippen molar-refractivity contribution in [1.82, 2.24) is 9.55 Å². The van der Waals surface area contributed by atoms with Crippen LogP contribution in [0.5, 0.6) is 0 Å². The van der Waals surface area contributed by atoms with Crippen LogP contribution in [0.3, 0.4) is 0 Å². The minimum absolute atomic E-state index is 0.166. The summed E-state index contributed by atoms with van der Waals surface area (Å²) < 4.78 is 7.23. The van der Waals surface area contributed by atoms with E-state index in [0.29, 0.717) is 10.0 Å². The van der Waals surface area contributed by atoms with Gasteiger partial charge in [-0.2, -0.15) is 0 Å². The molecular weight excluding hydrogens is 367 g/mol. The van der Waals surface area contributed by atoms with Crippen LogP contribution in [-0.2, 0) is 22.7 Å². The number of rotatable bonds is 6. The standard InChI is InChI=1S/C17H20Cl2N2O2S/c1-5-21-15(9-23-11(4)22)20-17(16(21)10(2)3)24-14-7-12(18)6-13(19)8-14/h6-8,10H,5,9H2,1-4H3. The van der Waals surface area contributed by atoms with E-state index in [9.17, 15) is 4.79 Å². The molecule has 0 aliphatic heterocycles. The number of carbonyl (C=O) groups excluding carboxylic acids is 1. The van der Waals surface area contributed by atoms with Gasteiger partial charge in [-0.3, -0.25) is 4.79 Å². The molecule has 0 bridgehead atoms. The van der Waals surface area contributed by atoms with E-state index in [1.54, 1.807) is 6.07 Å². The summed E-state index contributed by atoms with van der Waals surface area (Å²) in [5, 5.41) is 2.06. The van der Waals surface area contributed by atoms with Crippen LogP contribution in [0, 0.1) is 0 Å². The highest BCUT2D eigenvalue weighted by Gasteiger charge is 2.20. The van der Waals surface area contributed by atoms with Crippen LogP contribution in [0.2, 0.25) is 10.0 Å². The van der Waals surface area contributed by atoms with Gasteiger partial charge in [0.1, 0.15) is 17.5 Å². The maximum atomic E-state index is 11.1. The van der Waals surface area contributed by atoms with Gasteiger partial charge in [0.05, 0.1) is 5.69 Å². The van der Waals surface area contributed by atoms with Gasteiger partial charge < -0.3 is 9.30 Å². The predicted molar refractivity (Wildman–Crippen MR) is 98.0 cm³/mol. The lowest BCUT2D eigenvalue weighted by Gasteiger charge is -2.13. The molecule has 0 amide bonds. The summed E-state index contributed by atoms with van der Waals surface area (Å²) in [5.74, 6) is 0.704. The third kappa shape index (κ3) is 4.68. The molecule has 0 spiro atoms. The number of benzene rings is 1. The molecule has 130 valence electrons. The van der Waals surface area contributed by atoms with Crippen molar-refractivity contribution >= 4 is 40.9 Å². The number of halogens is 2. The number of esters is 1. The Hall–Kier alpha value is -1.17. The Balaban J connectivity index is 2.41. The molecule has 0 N–H and O–H groups in total. The first kappa shape index (κ1) is 19.2. The van der Waals surface area contributed by atoms with Crippen molar-refractivity contribution in [2.24, 2.45) is 0 Å². The maximum Gasteiger partial charge on any atom is 0.303 e. The average Bonchev–Trinajstić information content (AvgIpc) is 2.81. The van der Waals surface area contributed by atoms with Gasteiger partial charge >= 0.3 is 5.97 Å². The molecule has 0 atom stereocenters. The molecule has 2 rings (SSSR count). The molecule has 7 heteroatoms. The molecule has 0 saturated heterocycles. The zero-order valence-electron chi connectivity index (χ0n) is 14.1. The number of nitrogens with zero attached hydrogens (tertiary/aromatic N) is 2. The van der Waals surface area contributed by atoms with Gasteiger partial charge in [0.15, 0.2) is 0 Å². The lowest BCUT2D eigenvalue weighted by molar-refractivity contribution is -0.142. The predicted octanol–water partition coefficient (Wildman–Crippen LogP) is 5.55. The summed E-state index contributed by atoms with van der Waals surface area (Å²) in [5.41, 5.74) is 1.11. The average molecular weight is 387 g/mol. The van der Waals surface area contributed by atoms with Crippen molar-refractivity contribution in [3.8, 4) is 0 Å². The Morgan fingerprint density at radius 3 is 2.42 bits per heavy atom. The Morgan fingerprint density at radius 1 is 1.29 bits per heavy atom. The van der Waals surface area contributed by atoms with Gasteiger partial charge in [0.2, 0.25) is 0 Å². The van der Waals surface area contributed by atoms with E-state index < -0.39 is 0 Å². The maximum absolute atomic E-state index is 11.1. The van der Waals surface area contributed by atoms with E-state index in [2.05, 4.69) is 25.3 Å². The van der Waals surface area contributed by atoms with Gasteiger partial charge in [-0.05, 0) is 31.0 Å². The van der Waals surface area contributed by atoms with E-state index >= 15 is 0 Å². The molecule has 0 aliphatic carbocycles. The zero-order chi connectivity index (χ0) is 17.9. The van der Waals surface area contributed by atoms with E-state index in [4.69, 9.17) is 32.9 Å². The van der Waals surface area contributed by atoms with Crippen LogP contribution >= 0.6 is 35.0 Å². The van der Waals surface area contributed by atoms with Crippen LogP contribution in [-0.4, -0.2) is 15.5 Å². The van der Waals surface area contributed by atoms with Crippen molar-refractivity contribution in [3.63, 3.8) is 0 Å². The Morgan fingerprint density at radius 2 is 1.92 bits per heavy atom. The summed E-state index contributed by atoms with van der Waals surface area (Å²) in [6.07, 6.45) is 0. The Kier molecular flexibility index (Phi) is 6.61. The second-order valence-electron chi connectivity index (χ2n) is 5.60. The summed E-state index contributed by atoms with van der Waals surface area (Å²) in [7, 11) is 0. The first-order valence-electron chi connectivity index (χ1n) is 7.68. The summed E-state index contributed by atoms with van der Waals surface area (Å²) in [6, 6.07) is 5.42. The molecular formula is C17H20Cl2N2O2S. The van der Waals surface area contributed by atoms with Gasteiger partial charge in [0, 0.05) is 28.4 Å². The second kappa shape index (κ2) is 8.28. The molecule has 1 aromatic carbocycles. The minimum atomic E-state index is -0.317. The summed E-state index contributed by atoms with van der Waals surface area (Å²) >= 11 is 13.7. The summed E-state index contributed by atoms with van der Waals surface area (Å²) in [6.45, 7) is 8.61. The van der Waals surface area contributed by atoms with Crippen LogP contribution in [0.25, 0.3) is 0 Å². The first-order valence-corrected chi connectivity index (χ1v) is 9.25. The minimum Gasteiger partial charge on any atom is -0.458 e. The molecule has 0 unspecified atom stereocenters. The molecule has 2 aromatic rings. The SMILES string of the molecule is CCn1c(COC(C)=O)nc(Sc2cc(Cl)cc(Cl)c2)c1C(C)C. The molecule has 0 radical (unpaired) electrons. The van der Waals surface area contributed by atoms with Crippen molar-refractivity contribution in [3.05, 3.63) is 39.8 Å². The lowest BCUT2D eigenvalue weighted by atomic mass is 10.1. The normalized spacial score (nSPS) is 11.1. The third-order valence-corrected chi connectivity index (χ3v) is 4.77. The van der Waals surface area contributed by atoms with Crippen molar-refractivity contribution in [1.29, 1.82) is 0 Å². The second-order valence-corrected chi connectivity index (χ2v) is 7.54. The van der Waals surface area contributed by atoms with Crippen LogP contribution in [0.15, 0.2) is 28.1 Å². The van der Waals surface area contributed by atoms with Crippen LogP contribution in [0.1, 0.15) is 45.1 Å². The quantitative estimate of drug-likeness (QED) is 0.610. The number of imidazole rings is 1. The smallest absolute Gasteiger partial charge is 0.303 e. The van der Waals surface area contributed by atoms with Gasteiger partial charge in [0.25, 0.3) is 0 Å². The molecule has 1 heterocycles. The van der Waals surface area contributed by atoms with E-state index in [1.807, 2.05) is 12.1 Å². The number of aromatic nitrogens is 2. The molecule has 0 fully saturated rings. The third-order valence-electron chi connectivity index (χ3n) is 3.37.